The van der Waals surface area contributed by atoms with Gasteiger partial charge in [0.15, 0.2) is 5.65 Å². The van der Waals surface area contributed by atoms with Crippen LogP contribution in [0, 0.1) is 11.6 Å². The summed E-state index contributed by atoms with van der Waals surface area (Å²) in [5, 5.41) is 5.22. The smallest absolute Gasteiger partial charge is 0.264 e. The van der Waals surface area contributed by atoms with Crippen molar-refractivity contribution in [2.75, 3.05) is 12.9 Å². The van der Waals surface area contributed by atoms with Crippen LogP contribution >= 0.6 is 0 Å². The van der Waals surface area contributed by atoms with Crippen LogP contribution in [0.25, 0.3) is 44.5 Å². The summed E-state index contributed by atoms with van der Waals surface area (Å²) in [6, 6.07) is 15.8. The van der Waals surface area contributed by atoms with Gasteiger partial charge in [0.05, 0.1) is 25.1 Å². The quantitative estimate of drug-likeness (QED) is 0.286. The van der Waals surface area contributed by atoms with Gasteiger partial charge in [-0.3, -0.25) is 13.8 Å². The Bertz CT molecular complexity index is 1640. The van der Waals surface area contributed by atoms with E-state index in [4.69, 9.17) is 9.17 Å². The molecular formula is C26H20F2N4O3S. The number of benzene rings is 2. The normalized spacial score (nSPS) is 11.8. The van der Waals surface area contributed by atoms with Crippen molar-refractivity contribution in [1.82, 2.24) is 19.7 Å². The molecule has 0 N–H and O–H groups in total. The predicted molar refractivity (Wildman–Crippen MR) is 132 cm³/mol. The lowest BCUT2D eigenvalue weighted by Crippen LogP contribution is -2.10. The number of nitrogens with zero attached hydrogens (tertiary/aromatic N) is 4. The molecular weight excluding hydrogens is 486 g/mol. The first-order valence-corrected chi connectivity index (χ1v) is 12.8. The molecule has 7 nitrogen and oxygen atoms in total. The highest BCUT2D eigenvalue weighted by atomic mass is 32.2. The molecule has 0 bridgehead atoms. The summed E-state index contributed by atoms with van der Waals surface area (Å²) >= 11 is 0. The molecule has 0 amide bonds. The summed E-state index contributed by atoms with van der Waals surface area (Å²) in [7, 11) is -3.60. The highest BCUT2D eigenvalue weighted by Gasteiger charge is 2.22. The Morgan fingerprint density at radius 2 is 1.42 bits per heavy atom. The fourth-order valence-electron chi connectivity index (χ4n) is 4.01. The van der Waals surface area contributed by atoms with Crippen LogP contribution in [0.4, 0.5) is 8.78 Å². The first-order valence-electron chi connectivity index (χ1n) is 11.0. The van der Waals surface area contributed by atoms with Crippen LogP contribution in [0.15, 0.2) is 79.3 Å². The van der Waals surface area contributed by atoms with E-state index in [1.165, 1.54) is 24.3 Å². The van der Waals surface area contributed by atoms with E-state index in [-0.39, 0.29) is 24.8 Å². The van der Waals surface area contributed by atoms with Gasteiger partial charge in [0, 0.05) is 40.7 Å². The minimum absolute atomic E-state index is 0.0965. The van der Waals surface area contributed by atoms with Gasteiger partial charge in [0.2, 0.25) is 0 Å². The zero-order valence-electron chi connectivity index (χ0n) is 19.1. The molecule has 0 saturated carbocycles. The van der Waals surface area contributed by atoms with Crippen LogP contribution < -0.4 is 0 Å². The fourth-order valence-corrected chi connectivity index (χ4v) is 4.39. The molecule has 0 aliphatic heterocycles. The van der Waals surface area contributed by atoms with Crippen LogP contribution in [0.3, 0.4) is 0 Å². The van der Waals surface area contributed by atoms with E-state index in [2.05, 4.69) is 10.1 Å². The van der Waals surface area contributed by atoms with E-state index in [1.54, 1.807) is 47.5 Å². The summed E-state index contributed by atoms with van der Waals surface area (Å²) < 4.78 is 56.7. The molecule has 36 heavy (non-hydrogen) atoms. The molecule has 0 saturated heterocycles. The first-order chi connectivity index (χ1) is 17.3. The second-order valence-corrected chi connectivity index (χ2v) is 9.76. The predicted octanol–water partition coefficient (Wildman–Crippen LogP) is 5.08. The SMILES string of the molecule is CS(=O)(=O)OCCn1cc2c(-c3ccc(F)cc3)c(-c3ccncc3)c(-c3ccc(F)cc3)nc2n1. The third-order valence-electron chi connectivity index (χ3n) is 5.55. The Kier molecular flexibility index (Phi) is 6.29. The summed E-state index contributed by atoms with van der Waals surface area (Å²) in [6.07, 6.45) is 6.06. The van der Waals surface area contributed by atoms with Gasteiger partial charge in [-0.15, -0.1) is 0 Å². The van der Waals surface area contributed by atoms with Crippen molar-refractivity contribution < 1.29 is 21.4 Å². The van der Waals surface area contributed by atoms with Crippen LogP contribution in [-0.4, -0.2) is 41.0 Å². The standard InChI is InChI=1S/C26H20F2N4O3S/c1-36(33,34)35-15-14-32-16-22-23(17-2-6-20(27)7-3-17)24(18-10-12-29-13-11-18)25(30-26(22)31-32)19-4-8-21(28)9-5-19/h2-13,16H,14-15H2,1H3. The largest absolute Gasteiger partial charge is 0.268 e. The maximum absolute atomic E-state index is 13.8. The molecule has 3 aromatic heterocycles. The van der Waals surface area contributed by atoms with E-state index in [9.17, 15) is 17.2 Å². The fraction of sp³-hybridized carbons (Fsp3) is 0.115. The van der Waals surface area contributed by atoms with Crippen LogP contribution in [0.2, 0.25) is 0 Å². The minimum atomic E-state index is -3.60. The average molecular weight is 507 g/mol. The second kappa shape index (κ2) is 9.56. The number of rotatable bonds is 7. The Hall–Kier alpha value is -4.02. The monoisotopic (exact) mass is 506 g/mol. The molecule has 3 heterocycles. The van der Waals surface area contributed by atoms with E-state index >= 15 is 0 Å². The third kappa shape index (κ3) is 5.00. The van der Waals surface area contributed by atoms with Gasteiger partial charge in [0.1, 0.15) is 11.6 Å². The maximum Gasteiger partial charge on any atom is 0.264 e. The zero-order valence-corrected chi connectivity index (χ0v) is 19.9. The lowest BCUT2D eigenvalue weighted by atomic mass is 9.90. The molecule has 0 unspecified atom stereocenters. The topological polar surface area (TPSA) is 87.0 Å². The molecule has 0 aliphatic carbocycles. The molecule has 5 rings (SSSR count). The number of fused-ring (bicyclic) bond motifs is 1. The number of hydrogen-bond donors (Lipinski definition) is 0. The maximum atomic E-state index is 13.8. The summed E-state index contributed by atoms with van der Waals surface area (Å²) in [5.74, 6) is -0.749. The number of hydrogen-bond acceptors (Lipinski definition) is 6. The molecule has 5 aromatic rings. The molecule has 10 heteroatoms. The van der Waals surface area contributed by atoms with E-state index in [1.807, 2.05) is 12.1 Å². The molecule has 2 aromatic carbocycles. The van der Waals surface area contributed by atoms with Gasteiger partial charge in [-0.05, 0) is 59.7 Å². The van der Waals surface area contributed by atoms with Crippen LogP contribution in [-0.2, 0) is 20.8 Å². The lowest BCUT2D eigenvalue weighted by molar-refractivity contribution is 0.297. The number of aromatic nitrogens is 4. The Labute approximate surface area is 206 Å². The lowest BCUT2D eigenvalue weighted by Gasteiger charge is -2.16. The molecule has 182 valence electrons. The summed E-state index contributed by atoms with van der Waals surface area (Å²) in [4.78, 5) is 8.94. The second-order valence-electron chi connectivity index (χ2n) is 8.12. The number of halogens is 2. The molecule has 0 atom stereocenters. The van der Waals surface area contributed by atoms with Gasteiger partial charge >= 0.3 is 0 Å². The highest BCUT2D eigenvalue weighted by molar-refractivity contribution is 7.85. The van der Waals surface area contributed by atoms with Crippen molar-refractivity contribution in [3.63, 3.8) is 0 Å². The van der Waals surface area contributed by atoms with Crippen molar-refractivity contribution in [2.45, 2.75) is 6.54 Å². The molecule has 0 aliphatic rings. The van der Waals surface area contributed by atoms with Crippen molar-refractivity contribution in [2.24, 2.45) is 0 Å². The van der Waals surface area contributed by atoms with E-state index < -0.39 is 10.1 Å². The van der Waals surface area contributed by atoms with Crippen molar-refractivity contribution >= 4 is 21.2 Å². The average Bonchev–Trinajstić information content (AvgIpc) is 3.26. The summed E-state index contributed by atoms with van der Waals surface area (Å²) in [6.45, 7) is 0.0729. The first kappa shape index (κ1) is 23.7. The van der Waals surface area contributed by atoms with E-state index in [0.717, 1.165) is 28.5 Å². The van der Waals surface area contributed by atoms with Crippen LogP contribution in [0.5, 0.6) is 0 Å². The van der Waals surface area contributed by atoms with Crippen molar-refractivity contribution in [1.29, 1.82) is 0 Å². The Morgan fingerprint density at radius 3 is 2.03 bits per heavy atom. The third-order valence-corrected chi connectivity index (χ3v) is 6.15. The number of pyridine rings is 2. The van der Waals surface area contributed by atoms with Gasteiger partial charge in [0.25, 0.3) is 10.1 Å². The van der Waals surface area contributed by atoms with Crippen molar-refractivity contribution in [3.8, 4) is 33.5 Å². The minimum Gasteiger partial charge on any atom is -0.268 e. The molecule has 0 fully saturated rings. The van der Waals surface area contributed by atoms with Crippen LogP contribution in [0.1, 0.15) is 0 Å². The van der Waals surface area contributed by atoms with Gasteiger partial charge in [-0.1, -0.05) is 12.1 Å². The summed E-state index contributed by atoms with van der Waals surface area (Å²) in [5.41, 5.74) is 4.66. The molecule has 0 radical (unpaired) electrons. The van der Waals surface area contributed by atoms with Gasteiger partial charge < -0.3 is 0 Å². The molecule has 0 spiro atoms. The van der Waals surface area contributed by atoms with Crippen molar-refractivity contribution in [3.05, 3.63) is 90.9 Å². The van der Waals surface area contributed by atoms with Gasteiger partial charge in [-0.25, -0.2) is 13.8 Å². The Balaban J connectivity index is 1.79. The van der Waals surface area contributed by atoms with E-state index in [0.29, 0.717) is 22.3 Å². The highest BCUT2D eigenvalue weighted by Crippen LogP contribution is 2.42. The zero-order chi connectivity index (χ0) is 25.3. The van der Waals surface area contributed by atoms with Gasteiger partial charge in [-0.2, -0.15) is 13.5 Å². The Morgan fingerprint density at radius 1 is 0.833 bits per heavy atom.